The first-order valence-electron chi connectivity index (χ1n) is 5.73. The molecule has 1 aromatic carbocycles. The average molecular weight is 235 g/mol. The molecule has 92 valence electrons. The molecule has 2 N–H and O–H groups in total. The van der Waals surface area contributed by atoms with Crippen LogP contribution in [-0.4, -0.2) is 31.3 Å². The summed E-state index contributed by atoms with van der Waals surface area (Å²) >= 11 is 0. The predicted octanol–water partition coefficient (Wildman–Crippen LogP) is 1.30. The van der Waals surface area contributed by atoms with Crippen LogP contribution in [-0.2, 0) is 11.2 Å². The molecule has 2 rings (SSSR count). The molecule has 1 aromatic rings. The third kappa shape index (κ3) is 2.42. The molecule has 1 unspecified atom stereocenters. The van der Waals surface area contributed by atoms with Gasteiger partial charge in [-0.2, -0.15) is 0 Å². The van der Waals surface area contributed by atoms with Crippen LogP contribution in [0, 0.1) is 5.41 Å². The van der Waals surface area contributed by atoms with Gasteiger partial charge in [-0.15, -0.1) is 0 Å². The third-order valence-electron chi connectivity index (χ3n) is 3.37. The quantitative estimate of drug-likeness (QED) is 0.826. The molecular formula is C13H17NO3. The van der Waals surface area contributed by atoms with Gasteiger partial charge in [0.1, 0.15) is 5.75 Å². The molecule has 1 saturated heterocycles. The van der Waals surface area contributed by atoms with Crippen LogP contribution in [0.4, 0.5) is 0 Å². The van der Waals surface area contributed by atoms with Crippen molar-refractivity contribution in [1.82, 2.24) is 5.32 Å². The fraction of sp³-hybridized carbons (Fsp3) is 0.462. The monoisotopic (exact) mass is 235 g/mol. The number of carboxylic acids is 1. The molecule has 0 spiro atoms. The summed E-state index contributed by atoms with van der Waals surface area (Å²) in [5.41, 5.74) is 0.349. The van der Waals surface area contributed by atoms with Crippen molar-refractivity contribution in [2.75, 3.05) is 20.2 Å². The third-order valence-corrected chi connectivity index (χ3v) is 3.37. The van der Waals surface area contributed by atoms with Crippen LogP contribution < -0.4 is 10.1 Å². The van der Waals surface area contributed by atoms with Crippen molar-refractivity contribution in [2.24, 2.45) is 5.41 Å². The first-order valence-corrected chi connectivity index (χ1v) is 5.73. The number of methoxy groups -OCH3 is 1. The van der Waals surface area contributed by atoms with Crippen LogP contribution in [0.15, 0.2) is 24.3 Å². The molecule has 0 aromatic heterocycles. The molecule has 0 radical (unpaired) electrons. The summed E-state index contributed by atoms with van der Waals surface area (Å²) in [7, 11) is 1.61. The second-order valence-corrected chi connectivity index (χ2v) is 4.54. The highest BCUT2D eigenvalue weighted by Crippen LogP contribution is 2.31. The van der Waals surface area contributed by atoms with Gasteiger partial charge in [0, 0.05) is 6.54 Å². The second-order valence-electron chi connectivity index (χ2n) is 4.54. The van der Waals surface area contributed by atoms with E-state index in [9.17, 15) is 9.90 Å². The molecule has 1 heterocycles. The van der Waals surface area contributed by atoms with Crippen molar-refractivity contribution in [3.05, 3.63) is 29.8 Å². The van der Waals surface area contributed by atoms with E-state index in [1.807, 2.05) is 24.3 Å². The zero-order valence-corrected chi connectivity index (χ0v) is 9.90. The minimum Gasteiger partial charge on any atom is -0.497 e. The van der Waals surface area contributed by atoms with Gasteiger partial charge in [-0.05, 0) is 37.1 Å². The normalized spacial score (nSPS) is 23.6. The van der Waals surface area contributed by atoms with Gasteiger partial charge < -0.3 is 15.2 Å². The van der Waals surface area contributed by atoms with Crippen LogP contribution >= 0.6 is 0 Å². The lowest BCUT2D eigenvalue weighted by molar-refractivity contribution is -0.147. The van der Waals surface area contributed by atoms with Gasteiger partial charge in [-0.1, -0.05) is 12.1 Å². The Kier molecular flexibility index (Phi) is 3.33. The van der Waals surface area contributed by atoms with Gasteiger partial charge in [0.15, 0.2) is 0 Å². The Morgan fingerprint density at radius 1 is 1.59 bits per heavy atom. The van der Waals surface area contributed by atoms with E-state index in [-0.39, 0.29) is 0 Å². The van der Waals surface area contributed by atoms with E-state index in [4.69, 9.17) is 4.74 Å². The summed E-state index contributed by atoms with van der Waals surface area (Å²) in [6, 6.07) is 7.62. The number of ether oxygens (including phenoxy) is 1. The largest absolute Gasteiger partial charge is 0.497 e. The van der Waals surface area contributed by atoms with E-state index in [1.165, 1.54) is 0 Å². The minimum atomic E-state index is -0.717. The van der Waals surface area contributed by atoms with Crippen molar-refractivity contribution < 1.29 is 14.6 Å². The highest BCUT2D eigenvalue weighted by atomic mass is 16.5. The molecule has 0 amide bonds. The van der Waals surface area contributed by atoms with Crippen LogP contribution in [0.2, 0.25) is 0 Å². The fourth-order valence-electron chi connectivity index (χ4n) is 2.33. The molecule has 1 atom stereocenters. The summed E-state index contributed by atoms with van der Waals surface area (Å²) in [4.78, 5) is 11.4. The SMILES string of the molecule is COc1cccc(CC2(C(=O)O)CCNC2)c1. The Morgan fingerprint density at radius 2 is 2.41 bits per heavy atom. The molecule has 0 bridgehead atoms. The summed E-state index contributed by atoms with van der Waals surface area (Å²) < 4.78 is 5.15. The number of carbonyl (C=O) groups is 1. The summed E-state index contributed by atoms with van der Waals surface area (Å²) in [5, 5.41) is 12.5. The first-order chi connectivity index (χ1) is 8.16. The molecule has 0 saturated carbocycles. The van der Waals surface area contributed by atoms with E-state index in [2.05, 4.69) is 5.32 Å². The van der Waals surface area contributed by atoms with Crippen LogP contribution in [0.5, 0.6) is 5.75 Å². The molecule has 4 heteroatoms. The highest BCUT2D eigenvalue weighted by Gasteiger charge is 2.41. The van der Waals surface area contributed by atoms with Crippen molar-refractivity contribution in [1.29, 1.82) is 0 Å². The lowest BCUT2D eigenvalue weighted by Gasteiger charge is -2.23. The van der Waals surface area contributed by atoms with E-state index in [0.717, 1.165) is 17.9 Å². The molecule has 1 aliphatic rings. The Balaban J connectivity index is 2.20. The Labute approximate surface area is 101 Å². The lowest BCUT2D eigenvalue weighted by Crippen LogP contribution is -2.35. The van der Waals surface area contributed by atoms with E-state index in [0.29, 0.717) is 19.4 Å². The fourth-order valence-corrected chi connectivity index (χ4v) is 2.33. The lowest BCUT2D eigenvalue weighted by atomic mass is 9.81. The average Bonchev–Trinajstić information content (AvgIpc) is 2.79. The van der Waals surface area contributed by atoms with E-state index in [1.54, 1.807) is 7.11 Å². The molecule has 0 aliphatic carbocycles. The number of hydrogen-bond acceptors (Lipinski definition) is 3. The van der Waals surface area contributed by atoms with Gasteiger partial charge in [0.2, 0.25) is 0 Å². The van der Waals surface area contributed by atoms with Crippen LogP contribution in [0.1, 0.15) is 12.0 Å². The maximum absolute atomic E-state index is 11.4. The molecule has 1 aliphatic heterocycles. The van der Waals surface area contributed by atoms with E-state index < -0.39 is 11.4 Å². The Bertz CT molecular complexity index is 411. The zero-order valence-electron chi connectivity index (χ0n) is 9.90. The van der Waals surface area contributed by atoms with Crippen molar-refractivity contribution in [3.63, 3.8) is 0 Å². The van der Waals surface area contributed by atoms with E-state index >= 15 is 0 Å². The van der Waals surface area contributed by atoms with Crippen molar-refractivity contribution in [2.45, 2.75) is 12.8 Å². The van der Waals surface area contributed by atoms with Gasteiger partial charge in [-0.25, -0.2) is 0 Å². The summed E-state index contributed by atoms with van der Waals surface area (Å²) in [5.74, 6) is 0.0549. The number of aliphatic carboxylic acids is 1. The molecular weight excluding hydrogens is 218 g/mol. The van der Waals surface area contributed by atoms with Gasteiger partial charge in [-0.3, -0.25) is 4.79 Å². The molecule has 17 heavy (non-hydrogen) atoms. The highest BCUT2D eigenvalue weighted by molar-refractivity contribution is 5.76. The Hall–Kier alpha value is -1.55. The summed E-state index contributed by atoms with van der Waals surface area (Å²) in [6.45, 7) is 1.32. The number of carboxylic acid groups (broad SMARTS) is 1. The van der Waals surface area contributed by atoms with Gasteiger partial charge in [0.25, 0.3) is 0 Å². The minimum absolute atomic E-state index is 0.541. The maximum atomic E-state index is 11.4. The topological polar surface area (TPSA) is 58.6 Å². The van der Waals surface area contributed by atoms with Crippen LogP contribution in [0.3, 0.4) is 0 Å². The van der Waals surface area contributed by atoms with Crippen LogP contribution in [0.25, 0.3) is 0 Å². The van der Waals surface area contributed by atoms with Crippen molar-refractivity contribution >= 4 is 5.97 Å². The smallest absolute Gasteiger partial charge is 0.311 e. The second kappa shape index (κ2) is 4.75. The number of hydrogen-bond donors (Lipinski definition) is 2. The number of benzene rings is 1. The molecule has 4 nitrogen and oxygen atoms in total. The zero-order chi connectivity index (χ0) is 12.3. The predicted molar refractivity (Wildman–Crippen MR) is 64.3 cm³/mol. The number of nitrogens with one attached hydrogen (secondary N) is 1. The Morgan fingerprint density at radius 3 is 3.00 bits per heavy atom. The maximum Gasteiger partial charge on any atom is 0.311 e. The van der Waals surface area contributed by atoms with Crippen molar-refractivity contribution in [3.8, 4) is 5.75 Å². The first kappa shape index (κ1) is 11.9. The standard InChI is InChI=1S/C13H17NO3/c1-17-11-4-2-3-10(7-11)8-13(12(15)16)5-6-14-9-13/h2-4,7,14H,5-6,8-9H2,1H3,(H,15,16). The van der Waals surface area contributed by atoms with Gasteiger partial charge in [0.05, 0.1) is 12.5 Å². The summed E-state index contributed by atoms with van der Waals surface area (Å²) in [6.07, 6.45) is 1.23. The number of rotatable bonds is 4. The molecule has 1 fully saturated rings. The van der Waals surface area contributed by atoms with Gasteiger partial charge >= 0.3 is 5.97 Å².